The van der Waals surface area contributed by atoms with E-state index in [1.807, 2.05) is 18.5 Å². The van der Waals surface area contributed by atoms with Gasteiger partial charge in [-0.15, -0.1) is 0 Å². The molecule has 1 aromatic carbocycles. The first-order valence-corrected chi connectivity index (χ1v) is 9.38. The number of methoxy groups -OCH3 is 1. The van der Waals surface area contributed by atoms with E-state index in [1.54, 1.807) is 7.11 Å². The van der Waals surface area contributed by atoms with Gasteiger partial charge in [-0.3, -0.25) is 14.8 Å². The van der Waals surface area contributed by atoms with Crippen LogP contribution in [-0.4, -0.2) is 61.3 Å². The van der Waals surface area contributed by atoms with Crippen LogP contribution in [0.3, 0.4) is 0 Å². The zero-order valence-corrected chi connectivity index (χ0v) is 15.6. The second-order valence-corrected chi connectivity index (χ2v) is 6.73. The average Bonchev–Trinajstić information content (AvgIpc) is 2.70. The Morgan fingerprint density at radius 2 is 1.85 bits per heavy atom. The monoisotopic (exact) mass is 355 g/mol. The molecular weight excluding hydrogens is 326 g/mol. The van der Waals surface area contributed by atoms with E-state index >= 15 is 0 Å². The van der Waals surface area contributed by atoms with E-state index in [1.165, 1.54) is 11.1 Å². The van der Waals surface area contributed by atoms with Crippen LogP contribution < -0.4 is 4.74 Å². The standard InChI is InChI=1S/C21H29N3O2/c1-25-21-5-2-4-20(16-21)18-24(17-19-6-8-22-9-7-19)11-3-10-23-12-14-26-15-13-23/h2,4-9,16H,3,10-15,17-18H2,1H3. The molecule has 0 amide bonds. The fraction of sp³-hybridized carbons (Fsp3) is 0.476. The van der Waals surface area contributed by atoms with Gasteiger partial charge in [-0.05, 0) is 48.4 Å². The Morgan fingerprint density at radius 1 is 1.08 bits per heavy atom. The first-order chi connectivity index (χ1) is 12.8. The summed E-state index contributed by atoms with van der Waals surface area (Å²) < 4.78 is 10.8. The molecule has 0 N–H and O–H groups in total. The smallest absolute Gasteiger partial charge is 0.119 e. The normalized spacial score (nSPS) is 15.3. The second kappa shape index (κ2) is 10.3. The number of morpholine rings is 1. The summed E-state index contributed by atoms with van der Waals surface area (Å²) in [6, 6.07) is 12.5. The van der Waals surface area contributed by atoms with Gasteiger partial charge in [0.2, 0.25) is 0 Å². The second-order valence-electron chi connectivity index (χ2n) is 6.73. The van der Waals surface area contributed by atoms with Crippen molar-refractivity contribution in [3.05, 3.63) is 59.9 Å². The largest absolute Gasteiger partial charge is 0.497 e. The van der Waals surface area contributed by atoms with Gasteiger partial charge in [-0.2, -0.15) is 0 Å². The summed E-state index contributed by atoms with van der Waals surface area (Å²) in [6.45, 7) is 7.90. The van der Waals surface area contributed by atoms with Crippen molar-refractivity contribution < 1.29 is 9.47 Å². The summed E-state index contributed by atoms with van der Waals surface area (Å²) in [5, 5.41) is 0. The van der Waals surface area contributed by atoms with Crippen LogP contribution in [0.25, 0.3) is 0 Å². The van der Waals surface area contributed by atoms with Crippen molar-refractivity contribution >= 4 is 0 Å². The topological polar surface area (TPSA) is 37.8 Å². The molecule has 5 heteroatoms. The first-order valence-electron chi connectivity index (χ1n) is 9.38. The Hall–Kier alpha value is -1.95. The molecule has 0 atom stereocenters. The van der Waals surface area contributed by atoms with Crippen LogP contribution in [-0.2, 0) is 17.8 Å². The van der Waals surface area contributed by atoms with Crippen molar-refractivity contribution in [1.29, 1.82) is 0 Å². The molecule has 1 fully saturated rings. The van der Waals surface area contributed by atoms with Crippen molar-refractivity contribution in [1.82, 2.24) is 14.8 Å². The minimum Gasteiger partial charge on any atom is -0.497 e. The van der Waals surface area contributed by atoms with Gasteiger partial charge in [-0.25, -0.2) is 0 Å². The Labute approximate surface area is 156 Å². The number of nitrogens with zero attached hydrogens (tertiary/aromatic N) is 3. The maximum atomic E-state index is 5.44. The van der Waals surface area contributed by atoms with E-state index in [0.717, 1.165) is 64.7 Å². The number of benzene rings is 1. The molecule has 0 radical (unpaired) electrons. The van der Waals surface area contributed by atoms with Gasteiger partial charge in [0.25, 0.3) is 0 Å². The van der Waals surface area contributed by atoms with E-state index < -0.39 is 0 Å². The number of pyridine rings is 1. The van der Waals surface area contributed by atoms with Gasteiger partial charge in [0.15, 0.2) is 0 Å². The molecule has 1 aliphatic rings. The molecule has 1 aromatic heterocycles. The Morgan fingerprint density at radius 3 is 2.62 bits per heavy atom. The van der Waals surface area contributed by atoms with Crippen LogP contribution in [0.5, 0.6) is 5.75 Å². The van der Waals surface area contributed by atoms with Crippen LogP contribution >= 0.6 is 0 Å². The van der Waals surface area contributed by atoms with Crippen LogP contribution in [0, 0.1) is 0 Å². The highest BCUT2D eigenvalue weighted by Gasteiger charge is 2.12. The number of rotatable bonds is 9. The number of aromatic nitrogens is 1. The summed E-state index contributed by atoms with van der Waals surface area (Å²) in [5.74, 6) is 0.916. The molecule has 2 heterocycles. The van der Waals surface area contributed by atoms with Gasteiger partial charge >= 0.3 is 0 Å². The van der Waals surface area contributed by atoms with Crippen molar-refractivity contribution in [2.75, 3.05) is 46.5 Å². The molecule has 0 unspecified atom stereocenters. The third-order valence-corrected chi connectivity index (χ3v) is 4.75. The summed E-state index contributed by atoms with van der Waals surface area (Å²) in [4.78, 5) is 9.13. The number of hydrogen-bond donors (Lipinski definition) is 0. The summed E-state index contributed by atoms with van der Waals surface area (Å²) in [5.41, 5.74) is 2.58. The average molecular weight is 355 g/mol. The molecule has 0 aliphatic carbocycles. The lowest BCUT2D eigenvalue weighted by Gasteiger charge is -2.28. The van der Waals surface area contributed by atoms with Crippen LogP contribution in [0.4, 0.5) is 0 Å². The Kier molecular flexibility index (Phi) is 7.43. The lowest BCUT2D eigenvalue weighted by atomic mass is 10.1. The molecule has 5 nitrogen and oxygen atoms in total. The highest BCUT2D eigenvalue weighted by molar-refractivity contribution is 5.28. The maximum absolute atomic E-state index is 5.44. The Bertz CT molecular complexity index is 645. The van der Waals surface area contributed by atoms with Crippen LogP contribution in [0.15, 0.2) is 48.8 Å². The third kappa shape index (κ3) is 6.09. The van der Waals surface area contributed by atoms with Crippen molar-refractivity contribution in [2.45, 2.75) is 19.5 Å². The van der Waals surface area contributed by atoms with E-state index in [2.05, 4.69) is 45.1 Å². The van der Waals surface area contributed by atoms with E-state index in [9.17, 15) is 0 Å². The molecule has 140 valence electrons. The van der Waals surface area contributed by atoms with E-state index in [-0.39, 0.29) is 0 Å². The SMILES string of the molecule is COc1cccc(CN(CCCN2CCOCC2)Cc2ccncc2)c1. The highest BCUT2D eigenvalue weighted by atomic mass is 16.5. The van der Waals surface area contributed by atoms with Crippen LogP contribution in [0.1, 0.15) is 17.5 Å². The number of ether oxygens (including phenoxy) is 2. The van der Waals surface area contributed by atoms with Gasteiger partial charge in [0.1, 0.15) is 5.75 Å². The maximum Gasteiger partial charge on any atom is 0.119 e. The fourth-order valence-electron chi connectivity index (χ4n) is 3.33. The van der Waals surface area contributed by atoms with Crippen molar-refractivity contribution in [2.24, 2.45) is 0 Å². The molecule has 1 saturated heterocycles. The molecule has 0 bridgehead atoms. The zero-order valence-electron chi connectivity index (χ0n) is 15.6. The van der Waals surface area contributed by atoms with Gasteiger partial charge < -0.3 is 9.47 Å². The van der Waals surface area contributed by atoms with E-state index in [0.29, 0.717) is 0 Å². The van der Waals surface area contributed by atoms with Crippen molar-refractivity contribution in [3.8, 4) is 5.75 Å². The summed E-state index contributed by atoms with van der Waals surface area (Å²) in [6.07, 6.45) is 4.90. The lowest BCUT2D eigenvalue weighted by Crippen LogP contribution is -2.38. The minimum atomic E-state index is 0.866. The molecule has 1 aliphatic heterocycles. The molecule has 0 saturated carbocycles. The molecule has 3 rings (SSSR count). The minimum absolute atomic E-state index is 0.866. The Balaban J connectivity index is 1.58. The summed E-state index contributed by atoms with van der Waals surface area (Å²) >= 11 is 0. The third-order valence-electron chi connectivity index (χ3n) is 4.75. The molecule has 2 aromatic rings. The predicted molar refractivity (Wildman–Crippen MR) is 103 cm³/mol. The first kappa shape index (κ1) is 18.8. The van der Waals surface area contributed by atoms with Gasteiger partial charge in [0, 0.05) is 45.1 Å². The predicted octanol–water partition coefficient (Wildman–Crippen LogP) is 2.81. The summed E-state index contributed by atoms with van der Waals surface area (Å²) in [7, 11) is 1.72. The highest BCUT2D eigenvalue weighted by Crippen LogP contribution is 2.16. The zero-order chi connectivity index (χ0) is 18.0. The lowest BCUT2D eigenvalue weighted by molar-refractivity contribution is 0.0359. The van der Waals surface area contributed by atoms with Gasteiger partial charge in [-0.1, -0.05) is 12.1 Å². The van der Waals surface area contributed by atoms with Crippen LogP contribution in [0.2, 0.25) is 0 Å². The van der Waals surface area contributed by atoms with E-state index in [4.69, 9.17) is 9.47 Å². The van der Waals surface area contributed by atoms with Gasteiger partial charge in [0.05, 0.1) is 20.3 Å². The number of hydrogen-bond acceptors (Lipinski definition) is 5. The quantitative estimate of drug-likeness (QED) is 0.691. The fourth-order valence-corrected chi connectivity index (χ4v) is 3.33. The molecular formula is C21H29N3O2. The van der Waals surface area contributed by atoms with Crippen molar-refractivity contribution in [3.63, 3.8) is 0 Å². The molecule has 26 heavy (non-hydrogen) atoms. The molecule has 0 spiro atoms.